The Morgan fingerprint density at radius 2 is 1.91 bits per heavy atom. The highest BCUT2D eigenvalue weighted by Crippen LogP contribution is 2.28. The van der Waals surface area contributed by atoms with Crippen molar-refractivity contribution in [1.29, 1.82) is 0 Å². The smallest absolute Gasteiger partial charge is 0.137 e. The molecule has 0 radical (unpaired) electrons. The summed E-state index contributed by atoms with van der Waals surface area (Å²) >= 11 is 0. The number of benzene rings is 1. The van der Waals surface area contributed by atoms with Crippen LogP contribution in [0.4, 0.5) is 14.6 Å². The number of rotatable bonds is 2. The molecule has 1 aromatic carbocycles. The number of pyridine rings is 1. The molecule has 1 aliphatic rings. The van der Waals surface area contributed by atoms with Crippen LogP contribution in [0, 0.1) is 11.6 Å². The third-order valence-corrected chi connectivity index (χ3v) is 4.05. The molecule has 1 saturated heterocycles. The van der Waals surface area contributed by atoms with Gasteiger partial charge in [0.05, 0.1) is 24.5 Å². The summed E-state index contributed by atoms with van der Waals surface area (Å²) in [5.41, 5.74) is 1.60. The first-order chi connectivity index (χ1) is 11.2. The lowest BCUT2D eigenvalue weighted by atomic mass is 10.2. The van der Waals surface area contributed by atoms with Crippen LogP contribution in [0.3, 0.4) is 0 Å². The molecule has 1 N–H and O–H groups in total. The molecule has 4 nitrogen and oxygen atoms in total. The van der Waals surface area contributed by atoms with Gasteiger partial charge in [-0.3, -0.25) is 0 Å². The standard InChI is InChI=1S/C17H15F2N3O/c18-12-2-1-11-7-16(21-15(11)8-12)13-10-20-17(9-14(13)19)22-3-5-23-6-4-22/h1-2,7-10,21H,3-6H2. The molecule has 118 valence electrons. The molecule has 3 heterocycles. The van der Waals surface area contributed by atoms with Gasteiger partial charge in [-0.25, -0.2) is 13.8 Å². The Labute approximate surface area is 131 Å². The number of halogens is 2. The van der Waals surface area contributed by atoms with Crippen molar-refractivity contribution in [2.75, 3.05) is 31.2 Å². The van der Waals surface area contributed by atoms with Crippen LogP contribution in [0.25, 0.3) is 22.2 Å². The molecule has 0 atom stereocenters. The van der Waals surface area contributed by atoms with Gasteiger partial charge < -0.3 is 14.6 Å². The SMILES string of the molecule is Fc1ccc2cc(-c3cnc(N4CCOCC4)cc3F)[nH]c2c1. The average molecular weight is 315 g/mol. The normalized spacial score (nSPS) is 15.3. The number of hydrogen-bond acceptors (Lipinski definition) is 3. The minimum absolute atomic E-state index is 0.327. The van der Waals surface area contributed by atoms with Crippen LogP contribution < -0.4 is 4.90 Å². The van der Waals surface area contributed by atoms with Gasteiger partial charge in [0.1, 0.15) is 17.5 Å². The summed E-state index contributed by atoms with van der Waals surface area (Å²) in [6.07, 6.45) is 1.52. The molecule has 0 saturated carbocycles. The first-order valence-electron chi connectivity index (χ1n) is 7.47. The lowest BCUT2D eigenvalue weighted by Crippen LogP contribution is -2.36. The second-order valence-corrected chi connectivity index (χ2v) is 5.54. The Kier molecular flexibility index (Phi) is 3.46. The van der Waals surface area contributed by atoms with Gasteiger partial charge in [-0.05, 0) is 24.3 Å². The Hall–Kier alpha value is -2.47. The molecule has 1 aliphatic heterocycles. The molecule has 0 amide bonds. The summed E-state index contributed by atoms with van der Waals surface area (Å²) in [6.45, 7) is 2.66. The van der Waals surface area contributed by atoms with E-state index in [9.17, 15) is 8.78 Å². The summed E-state index contributed by atoms with van der Waals surface area (Å²) < 4.78 is 33.1. The van der Waals surface area contributed by atoms with Crippen LogP contribution in [0.15, 0.2) is 36.5 Å². The predicted octanol–water partition coefficient (Wildman–Crippen LogP) is 3.34. The zero-order chi connectivity index (χ0) is 15.8. The van der Waals surface area contributed by atoms with Crippen molar-refractivity contribution in [3.63, 3.8) is 0 Å². The molecule has 0 aliphatic carbocycles. The third kappa shape index (κ3) is 2.66. The van der Waals surface area contributed by atoms with Crippen LogP contribution in [0.2, 0.25) is 0 Å². The van der Waals surface area contributed by atoms with Gasteiger partial charge in [0.15, 0.2) is 0 Å². The van der Waals surface area contributed by atoms with Gasteiger partial charge in [-0.15, -0.1) is 0 Å². The summed E-state index contributed by atoms with van der Waals surface area (Å²) in [5, 5.41) is 0.832. The van der Waals surface area contributed by atoms with Crippen LogP contribution >= 0.6 is 0 Å². The maximum Gasteiger partial charge on any atom is 0.137 e. The van der Waals surface area contributed by atoms with E-state index in [4.69, 9.17) is 4.74 Å². The maximum absolute atomic E-state index is 14.5. The fourth-order valence-corrected chi connectivity index (χ4v) is 2.83. The van der Waals surface area contributed by atoms with Crippen molar-refractivity contribution >= 4 is 16.7 Å². The molecule has 0 unspecified atom stereocenters. The van der Waals surface area contributed by atoms with E-state index in [1.54, 1.807) is 12.1 Å². The number of morpholine rings is 1. The van der Waals surface area contributed by atoms with Gasteiger partial charge in [0.25, 0.3) is 0 Å². The molecule has 0 spiro atoms. The monoisotopic (exact) mass is 315 g/mol. The third-order valence-electron chi connectivity index (χ3n) is 4.05. The summed E-state index contributed by atoms with van der Waals surface area (Å²) in [6, 6.07) is 7.68. The fourth-order valence-electron chi connectivity index (χ4n) is 2.83. The van der Waals surface area contributed by atoms with Gasteiger partial charge in [0, 0.05) is 36.3 Å². The molecule has 4 rings (SSSR count). The Bertz CT molecular complexity index is 856. The summed E-state index contributed by atoms with van der Waals surface area (Å²) in [5.74, 6) is -0.0719. The number of aromatic amines is 1. The van der Waals surface area contributed by atoms with E-state index in [0.29, 0.717) is 48.9 Å². The number of ether oxygens (including phenoxy) is 1. The molecular formula is C17H15F2N3O. The van der Waals surface area contributed by atoms with Crippen LogP contribution in [0.5, 0.6) is 0 Å². The van der Waals surface area contributed by atoms with Gasteiger partial charge in [-0.2, -0.15) is 0 Å². The summed E-state index contributed by atoms with van der Waals surface area (Å²) in [7, 11) is 0. The minimum atomic E-state index is -0.353. The van der Waals surface area contributed by atoms with Crippen LogP contribution in [-0.2, 0) is 4.74 Å². The van der Waals surface area contributed by atoms with Gasteiger partial charge in [0.2, 0.25) is 0 Å². The number of nitrogens with zero attached hydrogens (tertiary/aromatic N) is 2. The van der Waals surface area contributed by atoms with Gasteiger partial charge >= 0.3 is 0 Å². The predicted molar refractivity (Wildman–Crippen MR) is 84.5 cm³/mol. The number of aromatic nitrogens is 2. The first kappa shape index (κ1) is 14.1. The highest BCUT2D eigenvalue weighted by molar-refractivity contribution is 5.85. The van der Waals surface area contributed by atoms with Crippen molar-refractivity contribution in [1.82, 2.24) is 9.97 Å². The molecule has 3 aromatic rings. The molecule has 23 heavy (non-hydrogen) atoms. The molecule has 6 heteroatoms. The van der Waals surface area contributed by atoms with Crippen molar-refractivity contribution in [3.05, 3.63) is 48.2 Å². The van der Waals surface area contributed by atoms with Crippen LogP contribution in [-0.4, -0.2) is 36.3 Å². The van der Waals surface area contributed by atoms with E-state index in [0.717, 1.165) is 5.39 Å². The van der Waals surface area contributed by atoms with Crippen molar-refractivity contribution in [2.45, 2.75) is 0 Å². The zero-order valence-electron chi connectivity index (χ0n) is 12.4. The van der Waals surface area contributed by atoms with E-state index in [2.05, 4.69) is 9.97 Å². The van der Waals surface area contributed by atoms with Crippen molar-refractivity contribution in [2.24, 2.45) is 0 Å². The molecule has 2 aromatic heterocycles. The summed E-state index contributed by atoms with van der Waals surface area (Å²) in [4.78, 5) is 9.40. The topological polar surface area (TPSA) is 41.2 Å². The first-order valence-corrected chi connectivity index (χ1v) is 7.47. The Morgan fingerprint density at radius 1 is 1.09 bits per heavy atom. The average Bonchev–Trinajstić information content (AvgIpc) is 2.98. The molecule has 1 fully saturated rings. The zero-order valence-corrected chi connectivity index (χ0v) is 12.4. The lowest BCUT2D eigenvalue weighted by Gasteiger charge is -2.27. The highest BCUT2D eigenvalue weighted by Gasteiger charge is 2.16. The second-order valence-electron chi connectivity index (χ2n) is 5.54. The quantitative estimate of drug-likeness (QED) is 0.788. The number of hydrogen-bond donors (Lipinski definition) is 1. The number of fused-ring (bicyclic) bond motifs is 1. The van der Waals surface area contributed by atoms with Gasteiger partial charge in [-0.1, -0.05) is 0 Å². The van der Waals surface area contributed by atoms with E-state index in [1.807, 2.05) is 4.90 Å². The van der Waals surface area contributed by atoms with Crippen molar-refractivity contribution in [3.8, 4) is 11.3 Å². The largest absolute Gasteiger partial charge is 0.378 e. The fraction of sp³-hybridized carbons (Fsp3) is 0.235. The lowest BCUT2D eigenvalue weighted by molar-refractivity contribution is 0.122. The number of anilines is 1. The minimum Gasteiger partial charge on any atom is -0.378 e. The Morgan fingerprint density at radius 3 is 2.70 bits per heavy atom. The molecule has 0 bridgehead atoms. The maximum atomic E-state index is 14.5. The van der Waals surface area contributed by atoms with Crippen LogP contribution in [0.1, 0.15) is 0 Å². The van der Waals surface area contributed by atoms with E-state index in [-0.39, 0.29) is 11.6 Å². The Balaban J connectivity index is 1.70. The van der Waals surface area contributed by atoms with E-state index >= 15 is 0 Å². The number of nitrogens with one attached hydrogen (secondary N) is 1. The van der Waals surface area contributed by atoms with E-state index in [1.165, 1.54) is 24.4 Å². The van der Waals surface area contributed by atoms with E-state index < -0.39 is 0 Å². The second kappa shape index (κ2) is 5.62. The number of H-pyrrole nitrogens is 1. The highest BCUT2D eigenvalue weighted by atomic mass is 19.1. The molecular weight excluding hydrogens is 300 g/mol. The van der Waals surface area contributed by atoms with Crippen molar-refractivity contribution < 1.29 is 13.5 Å².